The molecule has 6 aromatic rings. The number of anilines is 1. The van der Waals surface area contributed by atoms with Crippen LogP contribution in [0.4, 0.5) is 18.9 Å². The fourth-order valence-electron chi connectivity index (χ4n) is 14.0. The number of methoxy groups -OCH3 is 1. The predicted molar refractivity (Wildman–Crippen MR) is 301 cm³/mol. The number of hydrogen-bond acceptors (Lipinski definition) is 11. The Labute approximate surface area is 466 Å². The molecule has 3 amide bonds. The molecule has 15 nitrogen and oxygen atoms in total. The second-order valence-electron chi connectivity index (χ2n) is 23.5. The summed E-state index contributed by atoms with van der Waals surface area (Å²) in [5, 5.41) is 6.47. The smallest absolute Gasteiger partial charge is 0.275 e. The lowest BCUT2D eigenvalue weighted by Crippen LogP contribution is -2.60. The van der Waals surface area contributed by atoms with Gasteiger partial charge in [0.05, 0.1) is 23.6 Å². The first-order chi connectivity index (χ1) is 38.8. The molecule has 3 atom stereocenters. The fourth-order valence-corrected chi connectivity index (χ4v) is 14.0. The summed E-state index contributed by atoms with van der Waals surface area (Å²) < 4.78 is 63.6. The maximum Gasteiger partial charge on any atom is 0.275 e. The molecular formula is C62H75F3N10O5. The summed E-state index contributed by atoms with van der Waals surface area (Å²) >= 11 is 0. The van der Waals surface area contributed by atoms with Crippen LogP contribution in [0.2, 0.25) is 0 Å². The molecule has 3 aromatic heterocycles. The molecule has 3 unspecified atom stereocenters. The van der Waals surface area contributed by atoms with Crippen molar-refractivity contribution in [2.75, 3.05) is 77.9 Å². The van der Waals surface area contributed by atoms with E-state index in [2.05, 4.69) is 74.2 Å². The quantitative estimate of drug-likeness (QED) is 0.101. The number of amides is 3. The van der Waals surface area contributed by atoms with Crippen LogP contribution >= 0.6 is 0 Å². The Morgan fingerprint density at radius 3 is 2.34 bits per heavy atom. The summed E-state index contributed by atoms with van der Waals surface area (Å²) in [4.78, 5) is 55.6. The molecule has 6 saturated heterocycles. The van der Waals surface area contributed by atoms with Gasteiger partial charge in [0.2, 0.25) is 11.8 Å². The van der Waals surface area contributed by atoms with Gasteiger partial charge in [-0.2, -0.15) is 0 Å². The monoisotopic (exact) mass is 1100 g/mol. The van der Waals surface area contributed by atoms with Gasteiger partial charge in [0, 0.05) is 88.4 Å². The summed E-state index contributed by atoms with van der Waals surface area (Å²) in [5.74, 6) is -2.47. The summed E-state index contributed by atoms with van der Waals surface area (Å²) in [6.45, 7) is 7.08. The van der Waals surface area contributed by atoms with E-state index in [9.17, 15) is 14.4 Å². The second-order valence-corrected chi connectivity index (χ2v) is 23.5. The molecule has 12 rings (SSSR count). The minimum Gasteiger partial charge on any atom is -0.377 e. The maximum absolute atomic E-state index is 16.0. The lowest BCUT2D eigenvalue weighted by Gasteiger charge is -2.46. The van der Waals surface area contributed by atoms with Gasteiger partial charge in [-0.1, -0.05) is 24.3 Å². The lowest BCUT2D eigenvalue weighted by molar-refractivity contribution is -0.134. The zero-order valence-electron chi connectivity index (χ0n) is 46.2. The zero-order chi connectivity index (χ0) is 55.1. The highest BCUT2D eigenvalue weighted by molar-refractivity contribution is 6.01. The van der Waals surface area contributed by atoms with Crippen molar-refractivity contribution in [3.8, 4) is 11.1 Å². The van der Waals surface area contributed by atoms with Crippen LogP contribution in [0.1, 0.15) is 128 Å². The van der Waals surface area contributed by atoms with Gasteiger partial charge in [0.25, 0.3) is 11.8 Å². The largest absolute Gasteiger partial charge is 0.377 e. The van der Waals surface area contributed by atoms with Crippen molar-refractivity contribution < 1.29 is 37.0 Å². The Morgan fingerprint density at radius 2 is 1.61 bits per heavy atom. The van der Waals surface area contributed by atoms with Gasteiger partial charge < -0.3 is 24.3 Å². The number of nitrogens with one attached hydrogen (secondary N) is 2. The predicted octanol–water partition coefficient (Wildman–Crippen LogP) is 9.61. The van der Waals surface area contributed by atoms with Crippen molar-refractivity contribution in [2.24, 2.45) is 13.0 Å². The van der Waals surface area contributed by atoms with E-state index in [1.54, 1.807) is 19.2 Å². The number of aryl methyl sites for hydroxylation is 1. The molecule has 6 aliphatic heterocycles. The van der Waals surface area contributed by atoms with Crippen LogP contribution in [-0.2, 0) is 39.3 Å². The van der Waals surface area contributed by atoms with E-state index in [1.165, 1.54) is 17.3 Å². The fraction of sp³-hybridized carbons (Fsp3) is 0.532. The van der Waals surface area contributed by atoms with Gasteiger partial charge in [-0.15, -0.1) is 0 Å². The van der Waals surface area contributed by atoms with Crippen molar-refractivity contribution in [1.29, 1.82) is 0 Å². The zero-order valence-corrected chi connectivity index (χ0v) is 46.2. The standard InChI is InChI=1S/C62H75F3N10O5/c1-70-47(35-50-48(16-24-66-59(50)70)45-10-13-52-54(33-45)75(56(68-52)38-79-2)58-5-3-4-32-80-58)37-71-25-19-42(20-26-71)41-6-8-44(9-7-41)61(78)74-28-17-40(18-29-74)36-72-27-23-55(62(64,65)39-72)73-30-21-43(22-31-73)49-12-11-46(34-51(49)63)67-53-14-15-57(76)69-60(53)77/h6-13,16,24,33-35,40,42-43,53,55,58,67H,3-5,14-15,17-23,25-32,36-39H2,1-2H3,(H,69,76,77). The molecule has 2 N–H and O–H groups in total. The van der Waals surface area contributed by atoms with E-state index in [0.29, 0.717) is 94.3 Å². The van der Waals surface area contributed by atoms with Crippen LogP contribution < -0.4 is 10.6 Å². The SMILES string of the molecule is COCc1nc2ccc(-c3ccnc4c3cc(CN3CCC(c5ccc(C(=O)N6CCC(CN7CCC(N8CCC(c9ccc(NC%10CCC(=O)NC%10=O)cc9F)CC8)C(F)(F)C7)CC6)cc5)CC3)n4C)cc2n1C1CCCCO1. The van der Waals surface area contributed by atoms with Crippen LogP contribution in [0, 0.1) is 11.7 Å². The number of nitrogens with zero attached hydrogens (tertiary/aromatic N) is 8. The van der Waals surface area contributed by atoms with Crippen LogP contribution in [-0.4, -0.2) is 147 Å². The molecule has 6 fully saturated rings. The maximum atomic E-state index is 16.0. The Balaban J connectivity index is 0.588. The third-order valence-corrected chi connectivity index (χ3v) is 18.5. The number of fused-ring (bicyclic) bond motifs is 2. The van der Waals surface area contributed by atoms with Gasteiger partial charge in [-0.3, -0.25) is 39.0 Å². The Hall–Kier alpha value is -6.18. The van der Waals surface area contributed by atoms with Crippen LogP contribution in [0.15, 0.2) is 79.0 Å². The summed E-state index contributed by atoms with van der Waals surface area (Å²) in [7, 11) is 3.83. The van der Waals surface area contributed by atoms with Gasteiger partial charge >= 0.3 is 0 Å². The number of alkyl halides is 2. The minimum absolute atomic E-state index is 0.0347. The van der Waals surface area contributed by atoms with Crippen LogP contribution in [0.5, 0.6) is 0 Å². The van der Waals surface area contributed by atoms with Crippen molar-refractivity contribution >= 4 is 45.5 Å². The number of imidazole rings is 1. The molecule has 9 heterocycles. The Kier molecular flexibility index (Phi) is 15.9. The van der Waals surface area contributed by atoms with Gasteiger partial charge in [0.15, 0.2) is 0 Å². The molecular weight excluding hydrogens is 1020 g/mol. The molecule has 0 spiro atoms. The van der Waals surface area contributed by atoms with Crippen molar-refractivity contribution in [3.63, 3.8) is 0 Å². The van der Waals surface area contributed by atoms with E-state index in [4.69, 9.17) is 19.4 Å². The number of halogens is 3. The number of carbonyl (C=O) groups is 3. The first kappa shape index (κ1) is 54.4. The van der Waals surface area contributed by atoms with Crippen molar-refractivity contribution in [1.82, 2.24) is 44.0 Å². The first-order valence-corrected chi connectivity index (χ1v) is 29.3. The average Bonchev–Trinajstić information content (AvgIpc) is 4.02. The number of likely N-dealkylation sites (tertiary alicyclic amines) is 4. The number of pyridine rings is 1. The van der Waals surface area contributed by atoms with Gasteiger partial charge in [-0.25, -0.2) is 23.1 Å². The topological polar surface area (TPSA) is 142 Å². The number of carbonyl (C=O) groups excluding carboxylic acids is 3. The van der Waals surface area contributed by atoms with Crippen LogP contribution in [0.3, 0.4) is 0 Å². The van der Waals surface area contributed by atoms with Crippen LogP contribution in [0.25, 0.3) is 33.2 Å². The minimum atomic E-state index is -2.87. The van der Waals surface area contributed by atoms with E-state index in [-0.39, 0.29) is 48.7 Å². The number of hydrogen-bond donors (Lipinski definition) is 2. The van der Waals surface area contributed by atoms with Crippen molar-refractivity contribution in [2.45, 2.75) is 126 Å². The molecule has 424 valence electrons. The number of rotatable bonds is 14. The summed E-state index contributed by atoms with van der Waals surface area (Å²) in [6.07, 6.45) is 10.8. The van der Waals surface area contributed by atoms with E-state index < -0.39 is 23.9 Å². The molecule has 3 aromatic carbocycles. The van der Waals surface area contributed by atoms with E-state index in [1.807, 2.05) is 33.0 Å². The average molecular weight is 1100 g/mol. The normalized spacial score (nSPS) is 23.5. The molecule has 0 radical (unpaired) electrons. The Bertz CT molecular complexity index is 3210. The van der Waals surface area contributed by atoms with Crippen molar-refractivity contribution in [3.05, 3.63) is 113 Å². The second kappa shape index (κ2) is 23.4. The highest BCUT2D eigenvalue weighted by atomic mass is 19.3. The molecule has 0 bridgehead atoms. The molecule has 0 aliphatic carbocycles. The number of piperidine rings is 5. The lowest BCUT2D eigenvalue weighted by atomic mass is 9.86. The number of benzene rings is 3. The third-order valence-electron chi connectivity index (χ3n) is 18.5. The Morgan fingerprint density at radius 1 is 0.838 bits per heavy atom. The molecule has 6 aliphatic rings. The first-order valence-electron chi connectivity index (χ1n) is 29.3. The summed E-state index contributed by atoms with van der Waals surface area (Å²) in [6, 6.07) is 22.6. The highest BCUT2D eigenvalue weighted by Gasteiger charge is 2.48. The molecule has 80 heavy (non-hydrogen) atoms. The third kappa shape index (κ3) is 11.4. The number of imide groups is 1. The van der Waals surface area contributed by atoms with E-state index in [0.717, 1.165) is 110 Å². The highest BCUT2D eigenvalue weighted by Crippen LogP contribution is 2.40. The van der Waals surface area contributed by atoms with Gasteiger partial charge in [-0.05, 0) is 185 Å². The van der Waals surface area contributed by atoms with Gasteiger partial charge in [0.1, 0.15) is 36.2 Å². The summed E-state index contributed by atoms with van der Waals surface area (Å²) in [5.41, 5.74) is 9.45. The van der Waals surface area contributed by atoms with E-state index >= 15 is 13.2 Å². The molecule has 18 heteroatoms. The molecule has 0 saturated carbocycles. The number of ether oxygens (including phenoxy) is 2. The number of aromatic nitrogens is 4.